The second-order valence-electron chi connectivity index (χ2n) is 3.92. The minimum Gasteiger partial charge on any atom is -0.492 e. The number of rotatable bonds is 3. The quantitative estimate of drug-likeness (QED) is 0.825. The van der Waals surface area contributed by atoms with Crippen molar-refractivity contribution >= 4 is 0 Å². The molecular formula is C12H16FNO. The van der Waals surface area contributed by atoms with Crippen LogP contribution in [0.2, 0.25) is 0 Å². The lowest BCUT2D eigenvalue weighted by molar-refractivity contribution is 0.238. The highest BCUT2D eigenvalue weighted by atomic mass is 19.1. The second kappa shape index (κ2) is 5.12. The summed E-state index contributed by atoms with van der Waals surface area (Å²) in [6.45, 7) is 1.70. The van der Waals surface area contributed by atoms with Crippen LogP contribution >= 0.6 is 0 Å². The molecule has 1 saturated heterocycles. The molecule has 1 fully saturated rings. The Morgan fingerprint density at radius 2 is 2.33 bits per heavy atom. The largest absolute Gasteiger partial charge is 0.492 e. The summed E-state index contributed by atoms with van der Waals surface area (Å²) in [5.74, 6) is 0.367. The molecule has 2 nitrogen and oxygen atoms in total. The van der Waals surface area contributed by atoms with E-state index in [0.29, 0.717) is 18.4 Å². The van der Waals surface area contributed by atoms with Gasteiger partial charge < -0.3 is 10.1 Å². The lowest BCUT2D eigenvalue weighted by atomic mass is 10.1. The number of hydrogen-bond acceptors (Lipinski definition) is 2. The van der Waals surface area contributed by atoms with E-state index >= 15 is 0 Å². The van der Waals surface area contributed by atoms with E-state index in [1.807, 2.05) is 0 Å². The zero-order valence-electron chi connectivity index (χ0n) is 8.71. The van der Waals surface area contributed by atoms with Gasteiger partial charge in [0.1, 0.15) is 18.2 Å². The van der Waals surface area contributed by atoms with Crippen LogP contribution in [0.4, 0.5) is 4.39 Å². The molecule has 1 aliphatic rings. The molecule has 0 aliphatic carbocycles. The van der Waals surface area contributed by atoms with Crippen LogP contribution in [0.25, 0.3) is 0 Å². The van der Waals surface area contributed by atoms with Gasteiger partial charge in [0.15, 0.2) is 0 Å². The first kappa shape index (κ1) is 10.4. The van der Waals surface area contributed by atoms with Crippen LogP contribution in [0.1, 0.15) is 19.3 Å². The summed E-state index contributed by atoms with van der Waals surface area (Å²) in [6, 6.07) is 6.71. The van der Waals surface area contributed by atoms with Gasteiger partial charge in [0.05, 0.1) is 0 Å². The van der Waals surface area contributed by atoms with Gasteiger partial charge >= 0.3 is 0 Å². The molecule has 1 unspecified atom stereocenters. The average molecular weight is 209 g/mol. The van der Waals surface area contributed by atoms with Crippen LogP contribution in [-0.2, 0) is 0 Å². The minimum absolute atomic E-state index is 0.246. The molecule has 0 spiro atoms. The SMILES string of the molecule is Fc1cccc(OCC2CCCCN2)c1. The van der Waals surface area contributed by atoms with Crippen LogP contribution in [0.3, 0.4) is 0 Å². The van der Waals surface area contributed by atoms with Crippen molar-refractivity contribution < 1.29 is 9.13 Å². The molecule has 1 heterocycles. The zero-order valence-corrected chi connectivity index (χ0v) is 8.71. The number of halogens is 1. The van der Waals surface area contributed by atoms with E-state index in [2.05, 4.69) is 5.32 Å². The molecule has 1 atom stereocenters. The topological polar surface area (TPSA) is 21.3 Å². The van der Waals surface area contributed by atoms with Gasteiger partial charge in [-0.25, -0.2) is 4.39 Å². The standard InChI is InChI=1S/C12H16FNO/c13-10-4-3-6-12(8-10)15-9-11-5-1-2-7-14-11/h3-4,6,8,11,14H,1-2,5,7,9H2. The van der Waals surface area contributed by atoms with Crippen molar-refractivity contribution in [2.45, 2.75) is 25.3 Å². The predicted octanol–water partition coefficient (Wildman–Crippen LogP) is 2.35. The molecule has 82 valence electrons. The second-order valence-corrected chi connectivity index (χ2v) is 3.92. The van der Waals surface area contributed by atoms with Crippen LogP contribution in [0, 0.1) is 5.82 Å². The lowest BCUT2D eigenvalue weighted by Gasteiger charge is -2.23. The molecule has 2 rings (SSSR count). The summed E-state index contributed by atoms with van der Waals surface area (Å²) in [5, 5.41) is 3.39. The fourth-order valence-electron chi connectivity index (χ4n) is 1.82. The maximum Gasteiger partial charge on any atom is 0.126 e. The van der Waals surface area contributed by atoms with E-state index in [-0.39, 0.29) is 5.82 Å². The van der Waals surface area contributed by atoms with Gasteiger partial charge in [-0.2, -0.15) is 0 Å². The maximum absolute atomic E-state index is 12.8. The molecule has 0 bridgehead atoms. The molecule has 0 saturated carbocycles. The van der Waals surface area contributed by atoms with Crippen molar-refractivity contribution in [3.05, 3.63) is 30.1 Å². The Hall–Kier alpha value is -1.09. The number of piperidine rings is 1. The van der Waals surface area contributed by atoms with Crippen molar-refractivity contribution in [3.63, 3.8) is 0 Å². The van der Waals surface area contributed by atoms with Gasteiger partial charge in [-0.3, -0.25) is 0 Å². The highest BCUT2D eigenvalue weighted by Gasteiger charge is 2.12. The van der Waals surface area contributed by atoms with Crippen molar-refractivity contribution in [2.75, 3.05) is 13.2 Å². The summed E-state index contributed by atoms with van der Waals surface area (Å²) in [6.07, 6.45) is 3.65. The fourth-order valence-corrected chi connectivity index (χ4v) is 1.82. The van der Waals surface area contributed by atoms with Gasteiger partial charge in [0.25, 0.3) is 0 Å². The first-order chi connectivity index (χ1) is 7.34. The molecule has 15 heavy (non-hydrogen) atoms. The Balaban J connectivity index is 1.81. The Morgan fingerprint density at radius 3 is 3.07 bits per heavy atom. The summed E-state index contributed by atoms with van der Waals surface area (Å²) in [5.41, 5.74) is 0. The molecule has 0 aromatic heterocycles. The number of benzene rings is 1. The average Bonchev–Trinajstić information content (AvgIpc) is 2.28. The van der Waals surface area contributed by atoms with Crippen LogP contribution in [0.5, 0.6) is 5.75 Å². The van der Waals surface area contributed by atoms with Gasteiger partial charge in [-0.15, -0.1) is 0 Å². The smallest absolute Gasteiger partial charge is 0.126 e. The van der Waals surface area contributed by atoms with E-state index < -0.39 is 0 Å². The highest BCUT2D eigenvalue weighted by Crippen LogP contribution is 2.14. The van der Waals surface area contributed by atoms with Gasteiger partial charge in [0.2, 0.25) is 0 Å². The molecule has 0 amide bonds. The Morgan fingerprint density at radius 1 is 1.40 bits per heavy atom. The van der Waals surface area contributed by atoms with E-state index in [1.54, 1.807) is 12.1 Å². The predicted molar refractivity (Wildman–Crippen MR) is 57.5 cm³/mol. The number of nitrogens with one attached hydrogen (secondary N) is 1. The first-order valence-corrected chi connectivity index (χ1v) is 5.46. The molecular weight excluding hydrogens is 193 g/mol. The lowest BCUT2D eigenvalue weighted by Crippen LogP contribution is -2.38. The Labute approximate surface area is 89.4 Å². The molecule has 0 radical (unpaired) electrons. The summed E-state index contributed by atoms with van der Waals surface area (Å²) < 4.78 is 18.4. The minimum atomic E-state index is -0.246. The third-order valence-electron chi connectivity index (χ3n) is 2.66. The van der Waals surface area contributed by atoms with Gasteiger partial charge in [-0.05, 0) is 31.5 Å². The molecule has 1 aliphatic heterocycles. The van der Waals surface area contributed by atoms with Crippen molar-refractivity contribution in [3.8, 4) is 5.75 Å². The molecule has 1 aromatic carbocycles. The van der Waals surface area contributed by atoms with Crippen molar-refractivity contribution in [1.82, 2.24) is 5.32 Å². The van der Waals surface area contributed by atoms with Crippen LogP contribution in [-0.4, -0.2) is 19.2 Å². The van der Waals surface area contributed by atoms with E-state index in [9.17, 15) is 4.39 Å². The highest BCUT2D eigenvalue weighted by molar-refractivity contribution is 5.22. The number of hydrogen-bond donors (Lipinski definition) is 1. The third-order valence-corrected chi connectivity index (χ3v) is 2.66. The van der Waals surface area contributed by atoms with E-state index in [4.69, 9.17) is 4.74 Å². The van der Waals surface area contributed by atoms with E-state index in [0.717, 1.165) is 13.0 Å². The van der Waals surface area contributed by atoms with Crippen molar-refractivity contribution in [1.29, 1.82) is 0 Å². The van der Waals surface area contributed by atoms with Crippen LogP contribution in [0.15, 0.2) is 24.3 Å². The molecule has 1 N–H and O–H groups in total. The maximum atomic E-state index is 12.8. The fraction of sp³-hybridized carbons (Fsp3) is 0.500. The summed E-state index contributed by atoms with van der Waals surface area (Å²) in [4.78, 5) is 0. The summed E-state index contributed by atoms with van der Waals surface area (Å²) in [7, 11) is 0. The first-order valence-electron chi connectivity index (χ1n) is 5.46. The monoisotopic (exact) mass is 209 g/mol. The Bertz CT molecular complexity index is 310. The van der Waals surface area contributed by atoms with Crippen LogP contribution < -0.4 is 10.1 Å². The number of ether oxygens (including phenoxy) is 1. The molecule has 1 aromatic rings. The van der Waals surface area contributed by atoms with E-state index in [1.165, 1.54) is 25.0 Å². The van der Waals surface area contributed by atoms with Gasteiger partial charge in [-0.1, -0.05) is 12.5 Å². The normalized spacial score (nSPS) is 21.3. The third kappa shape index (κ3) is 3.20. The zero-order chi connectivity index (χ0) is 10.5. The van der Waals surface area contributed by atoms with Gasteiger partial charge in [0, 0.05) is 12.1 Å². The molecule has 3 heteroatoms. The summed E-state index contributed by atoms with van der Waals surface area (Å²) >= 11 is 0. The van der Waals surface area contributed by atoms with Crippen molar-refractivity contribution in [2.24, 2.45) is 0 Å². The Kier molecular flexibility index (Phi) is 3.56.